The molecule has 21 rings (SSSR count). The van der Waals surface area contributed by atoms with Crippen molar-refractivity contribution >= 4 is 360 Å². The molecule has 0 unspecified atom stereocenters. The second-order valence-electron chi connectivity index (χ2n) is 32.9. The Hall–Kier alpha value is -9.41. The molecule has 0 radical (unpaired) electrons. The van der Waals surface area contributed by atoms with E-state index >= 15 is 0 Å². The number of hydrogen-bond donors (Lipinski definition) is 0. The van der Waals surface area contributed by atoms with Crippen LogP contribution in [-0.2, 0) is 19.2 Å². The fraction of sp³-hybridized carbons (Fsp3) is 0.157. The van der Waals surface area contributed by atoms with Crippen molar-refractivity contribution in [1.29, 1.82) is 5.26 Å². The summed E-state index contributed by atoms with van der Waals surface area (Å²) in [6.45, 7) is 16.5. The summed E-state index contributed by atoms with van der Waals surface area (Å²) < 4.78 is 7.22. The minimum Gasteiger partial charge on any atom is -0.288 e. The van der Waals surface area contributed by atoms with Crippen LogP contribution >= 0.6 is 234 Å². The second-order valence-corrected chi connectivity index (χ2v) is 51.5. The van der Waals surface area contributed by atoms with Gasteiger partial charge in [-0.3, -0.25) is 58.0 Å². The number of thioether (sulfide) groups is 12. The normalized spacial score (nSPS) is 14.9. The van der Waals surface area contributed by atoms with Gasteiger partial charge in [0.25, 0.3) is 23.6 Å². The van der Waals surface area contributed by atoms with Crippen LogP contribution in [-0.4, -0.2) is 180 Å². The molecular formula is C108H77N7O8S20. The number of amides is 4. The lowest BCUT2D eigenvalue weighted by Crippen LogP contribution is -2.52. The molecule has 2 aliphatic heterocycles. The monoisotopic (exact) mass is 2240 g/mol. The standard InChI is InChI=1S/C42H26O4S6.C36H30N4O4S8.C30H21N3S6/c1-47-41(48-2)33-25-17-28-26(18-27(25)39-29(33)13-19(51-39)15-31-35(43)21-9-5-6-10-22(21)36(31)44)34(42(49-3)50-4)30-14-20(52-40(28)30)16-32-37(45)23-11-7-8-12-24(23)38(32)46;1-37-29(41)23(30(42)38(2)35(37)45)11-15-9-21-25(33(47-5)48-6)17-14-20-18(13-19(17)27(21)51-15)26(34(49-7)50-8)22-10-16(52-28(20)22)12-24-31(43)39(3)36(46)40(4)32(24)44;1-15(14-31)8-16-9-22-25(29(34-4)35-5)18-13-21-19(12-20(18)27(22)38-16)26(30(36-6)37-7)23-10-17(39-28(21)23)11-24(32-2)33-3/h5-18H,1-4H3;9-14H,1-8H3;8-13H,1,4-7H3/b;;15-8-. The molecule has 10 aliphatic rings. The van der Waals surface area contributed by atoms with Crippen molar-refractivity contribution in [3.63, 3.8) is 0 Å². The van der Waals surface area contributed by atoms with Crippen LogP contribution in [0.5, 0.6) is 0 Å². The number of carbonyl (C=O) groups excluding carboxylic acids is 8. The Morgan fingerprint density at radius 1 is 0.294 bits per heavy atom. The quantitative estimate of drug-likeness (QED) is 0.0260. The average Bonchev–Trinajstić information content (AvgIpc) is 1.55. The van der Waals surface area contributed by atoms with E-state index in [1.165, 1.54) is 90.8 Å². The van der Waals surface area contributed by atoms with Gasteiger partial charge in [-0.2, -0.15) is 15.0 Å². The van der Waals surface area contributed by atoms with Gasteiger partial charge in [-0.25, -0.2) is 0 Å². The van der Waals surface area contributed by atoms with Crippen molar-refractivity contribution in [2.24, 2.45) is 0 Å². The number of likely N-dealkylation sites (N-methyl/N-ethyl adjacent to an activating group) is 4. The Morgan fingerprint density at radius 3 is 0.692 bits per heavy atom. The van der Waals surface area contributed by atoms with Crippen molar-refractivity contribution in [2.45, 2.75) is 6.92 Å². The van der Waals surface area contributed by atoms with Gasteiger partial charge in [0.05, 0.1) is 17.2 Å². The van der Waals surface area contributed by atoms with Gasteiger partial charge in [0.1, 0.15) is 24.3 Å². The molecule has 0 spiro atoms. The number of fused-ring (bicyclic) bond motifs is 20. The Morgan fingerprint density at radius 2 is 0.490 bits per heavy atom. The third kappa shape index (κ3) is 17.2. The summed E-state index contributed by atoms with van der Waals surface area (Å²) in [7, 11) is 6.33. The zero-order valence-corrected chi connectivity index (χ0v) is 95.4. The summed E-state index contributed by atoms with van der Waals surface area (Å²) in [5.74, 6) is -2.46. The van der Waals surface area contributed by atoms with Crippen LogP contribution in [0.1, 0.15) is 144 Å². The molecule has 6 aromatic heterocycles. The molecule has 0 bridgehead atoms. The molecule has 2 saturated heterocycles. The molecule has 15 nitrogen and oxygen atoms in total. The average molecular weight is 2240 g/mol. The molecule has 4 amide bonds. The number of thiocarbonyl (C=S) groups is 2. The maximum atomic E-state index is 13.3. The van der Waals surface area contributed by atoms with E-state index in [2.05, 4.69) is 164 Å². The minimum atomic E-state index is -0.415. The van der Waals surface area contributed by atoms with Gasteiger partial charge in [-0.05, 0) is 243 Å². The fourth-order valence-electron chi connectivity index (χ4n) is 19.1. The van der Waals surface area contributed by atoms with Crippen LogP contribution in [0.4, 0.5) is 0 Å². The van der Waals surface area contributed by atoms with Crippen molar-refractivity contribution in [2.75, 3.05) is 103 Å². The van der Waals surface area contributed by atoms with E-state index in [1.807, 2.05) is 13.0 Å². The maximum absolute atomic E-state index is 13.3. The second kappa shape index (κ2) is 41.4. The molecule has 143 heavy (non-hydrogen) atoms. The van der Waals surface area contributed by atoms with Crippen molar-refractivity contribution < 1.29 is 38.4 Å². The molecule has 2 fully saturated rings. The van der Waals surface area contributed by atoms with E-state index in [4.69, 9.17) is 37.6 Å². The summed E-state index contributed by atoms with van der Waals surface area (Å²) in [6.07, 6.45) is 35.8. The largest absolute Gasteiger partial charge is 0.520 e. The highest BCUT2D eigenvalue weighted by Gasteiger charge is 2.45. The Kier molecular flexibility index (Phi) is 29.6. The number of nitriles is 1. The predicted molar refractivity (Wildman–Crippen MR) is 636 cm³/mol. The smallest absolute Gasteiger partial charge is 0.288 e. The van der Waals surface area contributed by atoms with Crippen molar-refractivity contribution in [3.8, 4) is 68.7 Å². The Labute approximate surface area is 913 Å². The first-order valence-electron chi connectivity index (χ1n) is 43.3. The van der Waals surface area contributed by atoms with Gasteiger partial charge < -0.3 is 0 Å². The number of allylic oxidation sites excluding steroid dienone is 3. The lowest BCUT2D eigenvalue weighted by molar-refractivity contribution is -0.133. The Balaban J connectivity index is 0.000000138. The summed E-state index contributed by atoms with van der Waals surface area (Å²) in [4.78, 5) is 130. The number of thiophene rings is 6. The number of hydrogen-bond acceptors (Lipinski definition) is 29. The van der Waals surface area contributed by atoms with Crippen LogP contribution < -0.4 is 0 Å². The highest BCUT2D eigenvalue weighted by Crippen LogP contribution is 2.65. The zero-order chi connectivity index (χ0) is 101. The molecule has 35 heteroatoms. The van der Waals surface area contributed by atoms with Gasteiger partial charge in [0, 0.05) is 246 Å². The number of Topliss-reactive ketones (excluding diaryl/α,β-unsaturated/α-hetero) is 4. The van der Waals surface area contributed by atoms with Crippen molar-refractivity contribution in [1.82, 2.24) is 19.6 Å². The topological polar surface area (TPSA) is 182 Å². The van der Waals surface area contributed by atoms with Gasteiger partial charge in [-0.15, -0.1) is 209 Å². The number of nitrogens with zero attached hydrogens (tertiary/aromatic N) is 7. The molecule has 0 saturated carbocycles. The Bertz CT molecular complexity index is 7760. The summed E-state index contributed by atoms with van der Waals surface area (Å²) >= 11 is 41.0. The lowest BCUT2D eigenvalue weighted by Gasteiger charge is -2.31. The van der Waals surface area contributed by atoms with E-state index in [-0.39, 0.29) is 61.5 Å². The first-order valence-corrected chi connectivity index (χ1v) is 63.7. The van der Waals surface area contributed by atoms with E-state index < -0.39 is 23.6 Å². The highest BCUT2D eigenvalue weighted by atomic mass is 32.2. The van der Waals surface area contributed by atoms with Crippen LogP contribution in [0.3, 0.4) is 0 Å². The van der Waals surface area contributed by atoms with E-state index in [0.717, 1.165) is 146 Å². The SMILES string of the molecule is CSC(SC)=C1c2cc3c(cc2-c2sc(C=C4C(=O)N(C)C(=S)N(C)C4=O)cc21)C(=C(SC)SC)c1cc(C=C2C(=O)N(C)C(=S)N(C)C2=O)sc1-3.CSC(SC)=C1c2cc3c(cc2-c2sc(C=C4C(=O)c5ccccc5C4=O)cc21)C(=C(SC)SC)c1cc(C=C2C(=O)c4ccccc4C2=O)sc1-3.[C-]#[N+]C(=Cc1cc2c(s1)-c1cc3c(cc1C2=C(SC)SC)-c1sc(/C=C(/C)C#N)cc1C3=C(SC)SC)[N+]#[C-]. The van der Waals surface area contributed by atoms with Crippen LogP contribution in [0.15, 0.2) is 180 Å². The molecule has 712 valence electrons. The highest BCUT2D eigenvalue weighted by molar-refractivity contribution is 8.24. The maximum Gasteiger partial charge on any atom is 0.520 e. The third-order valence-electron chi connectivity index (χ3n) is 25.4. The zero-order valence-electron chi connectivity index (χ0n) is 79.1. The summed E-state index contributed by atoms with van der Waals surface area (Å²) in [5, 5.41) is 9.69. The molecule has 8 heterocycles. The predicted octanol–water partition coefficient (Wildman–Crippen LogP) is 30.2. The fourth-order valence-corrected chi connectivity index (χ4v) is 35.4. The van der Waals surface area contributed by atoms with Crippen LogP contribution in [0.2, 0.25) is 0 Å². The van der Waals surface area contributed by atoms with Gasteiger partial charge in [-0.1, -0.05) is 48.5 Å². The van der Waals surface area contributed by atoms with Gasteiger partial charge >= 0.3 is 5.82 Å². The van der Waals surface area contributed by atoms with E-state index in [1.54, 1.807) is 316 Å². The molecule has 0 atom stereocenters. The molecule has 11 aromatic rings. The minimum absolute atomic E-state index is 0.0795. The van der Waals surface area contributed by atoms with E-state index in [0.29, 0.717) is 27.8 Å². The van der Waals surface area contributed by atoms with Gasteiger partial charge in [0.15, 0.2) is 33.4 Å². The summed E-state index contributed by atoms with van der Waals surface area (Å²) in [5.41, 5.74) is 31.0. The molecular weight excluding hydrogens is 2160 g/mol. The number of rotatable bonds is 18. The van der Waals surface area contributed by atoms with E-state index in [9.17, 15) is 43.6 Å². The number of carbonyl (C=O) groups is 8. The molecule has 5 aromatic carbocycles. The molecule has 8 aliphatic carbocycles. The summed E-state index contributed by atoms with van der Waals surface area (Å²) in [6, 6.07) is 43.0. The lowest BCUT2D eigenvalue weighted by atomic mass is 9.98. The van der Waals surface area contributed by atoms with Gasteiger partial charge in [0.2, 0.25) is 0 Å². The van der Waals surface area contributed by atoms with Crippen molar-refractivity contribution in [3.05, 3.63) is 322 Å². The number of benzene rings is 5. The third-order valence-corrected chi connectivity index (χ3v) is 46.1. The first kappa shape index (κ1) is 102. The number of ketones is 4. The van der Waals surface area contributed by atoms with Crippen LogP contribution in [0.25, 0.3) is 142 Å². The first-order chi connectivity index (χ1) is 69.0. The molecule has 0 N–H and O–H groups in total. The van der Waals surface area contributed by atoms with Crippen LogP contribution in [0, 0.1) is 24.5 Å².